The Labute approximate surface area is 380 Å². The first-order valence-electron chi connectivity index (χ1n) is 20.2. The number of fused-ring (bicyclic) bond motifs is 3. The van der Waals surface area contributed by atoms with Crippen LogP contribution in [0.25, 0.3) is 94.2 Å². The normalized spacial score (nSPS) is 11.5. The lowest BCUT2D eigenvalue weighted by Crippen LogP contribution is -2.55. The molecule has 0 amide bonds. The van der Waals surface area contributed by atoms with Crippen molar-refractivity contribution in [2.45, 2.75) is 0 Å². The van der Waals surface area contributed by atoms with Crippen LogP contribution in [-0.2, 0) is 0 Å². The highest BCUT2D eigenvalue weighted by Gasteiger charge is 2.22. The van der Waals surface area contributed by atoms with E-state index in [-0.39, 0.29) is 54.6 Å². The Morgan fingerprint density at radius 3 is 1.33 bits per heavy atom. The van der Waals surface area contributed by atoms with Gasteiger partial charge >= 0.3 is 0 Å². The van der Waals surface area contributed by atoms with Gasteiger partial charge in [0, 0.05) is 11.3 Å². The Morgan fingerprint density at radius 1 is 0.302 bits per heavy atom. The molecule has 0 N–H and O–H groups in total. The minimum Gasteiger partial charge on any atom is -0.292 e. The van der Waals surface area contributed by atoms with Crippen LogP contribution in [0.3, 0.4) is 0 Å². The van der Waals surface area contributed by atoms with Crippen molar-refractivity contribution in [3.05, 3.63) is 146 Å². The molecule has 0 saturated carbocycles. The Balaban J connectivity index is 1.28. The second-order valence-corrected chi connectivity index (χ2v) is 15.7. The van der Waals surface area contributed by atoms with Gasteiger partial charge in [0.1, 0.15) is 84.3 Å². The lowest BCUT2D eigenvalue weighted by atomic mass is 9.59. The van der Waals surface area contributed by atoms with Gasteiger partial charge in [0.2, 0.25) is 0 Å². The van der Waals surface area contributed by atoms with Crippen LogP contribution in [0.4, 0.5) is 0 Å². The van der Waals surface area contributed by atoms with Gasteiger partial charge in [-0.2, -0.15) is 0 Å². The second-order valence-electron chi connectivity index (χ2n) is 15.7. The summed E-state index contributed by atoms with van der Waals surface area (Å²) in [5.74, 6) is 0.839. The van der Waals surface area contributed by atoms with Crippen molar-refractivity contribution < 1.29 is 0 Å². The quantitative estimate of drug-likeness (QED) is 0.186. The summed E-state index contributed by atoms with van der Waals surface area (Å²) < 4.78 is 2.21. The Morgan fingerprint density at radius 2 is 0.730 bits per heavy atom. The van der Waals surface area contributed by atoms with Crippen molar-refractivity contribution in [1.29, 1.82) is 0 Å². The van der Waals surface area contributed by atoms with Crippen LogP contribution >= 0.6 is 0 Å². The number of para-hydroxylation sites is 2. The third-order valence-electron chi connectivity index (χ3n) is 12.1. The summed E-state index contributed by atoms with van der Waals surface area (Å²) in [6.45, 7) is 0. The number of rotatable bonds is 6. The Bertz CT molecular complexity index is 3470. The molecule has 12 heteroatoms. The van der Waals surface area contributed by atoms with Crippen LogP contribution in [0.1, 0.15) is 0 Å². The summed E-state index contributed by atoms with van der Waals surface area (Å²) in [5.41, 5.74) is 12.0. The van der Waals surface area contributed by atoms with Crippen molar-refractivity contribution >= 4 is 166 Å². The third-order valence-corrected chi connectivity index (χ3v) is 12.1. The predicted molar refractivity (Wildman–Crippen MR) is 277 cm³/mol. The van der Waals surface area contributed by atoms with Crippen molar-refractivity contribution in [3.63, 3.8) is 0 Å². The van der Waals surface area contributed by atoms with Gasteiger partial charge < -0.3 is 0 Å². The topological polar surface area (TPSA) is 17.8 Å². The number of hydrogen-bond acceptors (Lipinski definition) is 1. The molecule has 268 valence electrons. The number of aromatic nitrogens is 2. The van der Waals surface area contributed by atoms with Gasteiger partial charge in [-0.05, 0) is 102 Å². The lowest BCUT2D eigenvalue weighted by molar-refractivity contribution is 1.10. The van der Waals surface area contributed by atoms with E-state index in [9.17, 15) is 0 Å². The maximum absolute atomic E-state index is 6.69. The fourth-order valence-corrected chi connectivity index (χ4v) is 8.98. The van der Waals surface area contributed by atoms with Gasteiger partial charge in [-0.25, -0.2) is 4.98 Å². The SMILES string of the molecule is [B]c1c([B])c([B])c(-c2cccc(-c3c4ccccc4c(-c4cccc(-n5c(-c6ccccc6)nc6ccccc65)c4)c4ccc(-c5c([B])c([B])c([B])c([B])c5[B])cc34)c2)c([B])c1[B]. The first kappa shape index (κ1) is 40.7. The van der Waals surface area contributed by atoms with E-state index in [1.807, 2.05) is 72.8 Å². The fraction of sp³-hybridized carbons (Fsp3) is 0. The van der Waals surface area contributed by atoms with E-state index in [2.05, 4.69) is 77.4 Å². The highest BCUT2D eigenvalue weighted by Crippen LogP contribution is 2.45. The van der Waals surface area contributed by atoms with E-state index in [1.165, 1.54) is 0 Å². The van der Waals surface area contributed by atoms with Crippen molar-refractivity contribution in [2.75, 3.05) is 0 Å². The summed E-state index contributed by atoms with van der Waals surface area (Å²) in [6.07, 6.45) is 0. The minimum atomic E-state index is 0.142. The zero-order valence-electron chi connectivity index (χ0n) is 34.0. The molecule has 1 aromatic heterocycles. The first-order chi connectivity index (χ1) is 30.4. The monoisotopic (exact) mass is 774 g/mol. The minimum absolute atomic E-state index is 0.142. The van der Waals surface area contributed by atoms with Crippen LogP contribution in [0.15, 0.2) is 146 Å². The fourth-order valence-electron chi connectivity index (χ4n) is 8.98. The molecule has 1 heterocycles. The molecule has 0 saturated heterocycles. The van der Waals surface area contributed by atoms with Gasteiger partial charge in [-0.1, -0.05) is 131 Å². The van der Waals surface area contributed by atoms with Crippen LogP contribution in [0.5, 0.6) is 0 Å². The lowest BCUT2D eigenvalue weighted by Gasteiger charge is -2.24. The maximum Gasteiger partial charge on any atom is 0.145 e. The van der Waals surface area contributed by atoms with Crippen molar-refractivity contribution in [2.24, 2.45) is 0 Å². The average molecular weight is 773 g/mol. The van der Waals surface area contributed by atoms with E-state index >= 15 is 0 Å². The standard InChI is InChI=1S/C51H24B10N2/c52-41-39(42(53)46(57)49(60)45(41)56)27-13-8-12-26(22-27)38-32-17-5-4-16-31(32)37(33-21-20-29(24-34(33)38)40-43(54)47(58)50(61)48(59)44(40)55)28-14-9-15-30(23-28)63-36-19-7-6-18-35(36)62-51(63)25-10-2-1-3-11-25/h1-24H. The molecule has 0 aliphatic heterocycles. The highest BCUT2D eigenvalue weighted by atomic mass is 15.1. The molecule has 0 bridgehead atoms. The second kappa shape index (κ2) is 15.8. The molecule has 0 aliphatic rings. The van der Waals surface area contributed by atoms with E-state index in [0.29, 0.717) is 22.3 Å². The van der Waals surface area contributed by atoms with E-state index < -0.39 is 0 Å². The number of imidazole rings is 1. The first-order valence-corrected chi connectivity index (χ1v) is 20.2. The molecule has 0 fully saturated rings. The molecule has 2 nitrogen and oxygen atoms in total. The molecule has 0 spiro atoms. The van der Waals surface area contributed by atoms with Gasteiger partial charge in [0.05, 0.1) is 11.0 Å². The predicted octanol–water partition coefficient (Wildman–Crippen LogP) is 1.60. The third kappa shape index (κ3) is 6.52. The van der Waals surface area contributed by atoms with Gasteiger partial charge in [-0.15, -0.1) is 32.8 Å². The molecule has 63 heavy (non-hydrogen) atoms. The summed E-state index contributed by atoms with van der Waals surface area (Å²) in [5, 5.41) is 3.86. The highest BCUT2D eigenvalue weighted by molar-refractivity contribution is 6.70. The smallest absolute Gasteiger partial charge is 0.145 e. The average Bonchev–Trinajstić information content (AvgIpc) is 3.71. The van der Waals surface area contributed by atoms with Crippen LogP contribution < -0.4 is 54.6 Å². The van der Waals surface area contributed by atoms with Crippen molar-refractivity contribution in [3.8, 4) is 61.6 Å². The van der Waals surface area contributed by atoms with Gasteiger partial charge in [0.25, 0.3) is 0 Å². The Hall–Kier alpha value is -6.38. The Kier molecular flexibility index (Phi) is 10.2. The van der Waals surface area contributed by atoms with Crippen molar-refractivity contribution in [1.82, 2.24) is 9.55 Å². The zero-order chi connectivity index (χ0) is 43.8. The van der Waals surface area contributed by atoms with Gasteiger partial charge in [0.15, 0.2) is 0 Å². The molecular formula is C51H24B10N2. The number of hydrogen-bond donors (Lipinski definition) is 0. The molecular weight excluding hydrogens is 749 g/mol. The molecule has 10 rings (SSSR count). The molecule has 0 unspecified atom stereocenters. The van der Waals surface area contributed by atoms with E-state index in [0.717, 1.165) is 71.9 Å². The van der Waals surface area contributed by atoms with E-state index in [4.69, 9.17) is 83.4 Å². The number of nitrogens with zero attached hydrogens (tertiary/aromatic N) is 2. The van der Waals surface area contributed by atoms with Crippen LogP contribution in [0, 0.1) is 0 Å². The molecule has 9 aromatic carbocycles. The molecule has 10 aromatic rings. The molecule has 0 atom stereocenters. The van der Waals surface area contributed by atoms with Crippen LogP contribution in [0.2, 0.25) is 0 Å². The summed E-state index contributed by atoms with van der Waals surface area (Å²) in [7, 11) is 64.6. The summed E-state index contributed by atoms with van der Waals surface area (Å²) >= 11 is 0. The maximum atomic E-state index is 6.69. The van der Waals surface area contributed by atoms with E-state index in [1.54, 1.807) is 0 Å². The zero-order valence-corrected chi connectivity index (χ0v) is 34.0. The number of benzene rings is 9. The van der Waals surface area contributed by atoms with Gasteiger partial charge in [-0.3, -0.25) is 4.57 Å². The largest absolute Gasteiger partial charge is 0.292 e. The molecule has 20 radical (unpaired) electrons. The summed E-state index contributed by atoms with van der Waals surface area (Å²) in [4.78, 5) is 5.11. The summed E-state index contributed by atoms with van der Waals surface area (Å²) in [6, 6.07) is 49.4. The molecule has 0 aliphatic carbocycles. The van der Waals surface area contributed by atoms with Crippen LogP contribution in [-0.4, -0.2) is 88.0 Å².